The summed E-state index contributed by atoms with van der Waals surface area (Å²) in [5.41, 5.74) is -5.41. The standard InChI is InChI=1S/C32H33F9N2O6S/c1-2-46-24-7-3-22(4-8-24)27(30(34,35)36)42-18-47-25-9-5-23(6-10-25)28(31(37,38)39)43-49-50(44,45)32(40,41)26(33)17-48-29-14-19-11-20(15-29)13-21(12-19)16-29/h3-10,19-21,26H,2,11-18H2,1H3/b42-27?,43-28+. The van der Waals surface area contributed by atoms with Crippen LogP contribution in [0, 0.1) is 17.8 Å². The van der Waals surface area contributed by atoms with Crippen LogP contribution in [-0.4, -0.2) is 69.2 Å². The van der Waals surface area contributed by atoms with Gasteiger partial charge in [0.05, 0.1) is 18.8 Å². The Balaban J connectivity index is 1.23. The number of ether oxygens (including phenoxy) is 3. The fourth-order valence-electron chi connectivity index (χ4n) is 7.22. The van der Waals surface area contributed by atoms with Crippen molar-refractivity contribution >= 4 is 21.5 Å². The topological polar surface area (TPSA) is 95.8 Å². The van der Waals surface area contributed by atoms with Crippen molar-refractivity contribution in [2.24, 2.45) is 27.9 Å². The van der Waals surface area contributed by atoms with Gasteiger partial charge < -0.3 is 14.2 Å². The zero-order valence-corrected chi connectivity index (χ0v) is 27.3. The molecule has 0 saturated heterocycles. The van der Waals surface area contributed by atoms with Crippen LogP contribution in [0.1, 0.15) is 56.6 Å². The molecule has 6 rings (SSSR count). The molecule has 2 aromatic carbocycles. The number of hydrogen-bond donors (Lipinski definition) is 0. The number of aliphatic imine (C=N–C) groups is 1. The Morgan fingerprint density at radius 2 is 1.24 bits per heavy atom. The maximum atomic E-state index is 14.7. The Bertz CT molecular complexity index is 1630. The van der Waals surface area contributed by atoms with E-state index in [-0.39, 0.29) is 11.3 Å². The van der Waals surface area contributed by atoms with Crippen LogP contribution in [0.2, 0.25) is 0 Å². The molecule has 2 aromatic rings. The molecule has 8 nitrogen and oxygen atoms in total. The third-order valence-electron chi connectivity index (χ3n) is 9.00. The average Bonchev–Trinajstić information content (AvgIpc) is 3.01. The van der Waals surface area contributed by atoms with Gasteiger partial charge in [0.1, 0.15) is 17.2 Å². The van der Waals surface area contributed by atoms with Crippen molar-refractivity contribution in [3.63, 3.8) is 0 Å². The summed E-state index contributed by atoms with van der Waals surface area (Å²) in [5.74, 6) is 1.01. The molecule has 50 heavy (non-hydrogen) atoms. The molecule has 4 aliphatic rings. The van der Waals surface area contributed by atoms with Crippen LogP contribution in [0.15, 0.2) is 58.7 Å². The van der Waals surface area contributed by atoms with Gasteiger partial charge in [0.2, 0.25) is 6.17 Å². The van der Waals surface area contributed by atoms with Gasteiger partial charge in [-0.05, 0) is 112 Å². The highest BCUT2D eigenvalue weighted by atomic mass is 32.2. The molecule has 18 heteroatoms. The van der Waals surface area contributed by atoms with Gasteiger partial charge in [-0.25, -0.2) is 9.38 Å². The highest BCUT2D eigenvalue weighted by molar-refractivity contribution is 7.87. The van der Waals surface area contributed by atoms with Crippen LogP contribution < -0.4 is 9.47 Å². The fraction of sp³-hybridized carbons (Fsp3) is 0.562. The Morgan fingerprint density at radius 1 is 0.780 bits per heavy atom. The molecule has 1 unspecified atom stereocenters. The summed E-state index contributed by atoms with van der Waals surface area (Å²) in [4.78, 5) is 3.41. The third-order valence-corrected chi connectivity index (χ3v) is 10.2. The van der Waals surface area contributed by atoms with Gasteiger partial charge in [-0.2, -0.15) is 43.5 Å². The summed E-state index contributed by atoms with van der Waals surface area (Å²) < 4.78 is 171. The lowest BCUT2D eigenvalue weighted by molar-refractivity contribution is -0.181. The summed E-state index contributed by atoms with van der Waals surface area (Å²) in [7, 11) is -6.38. The minimum Gasteiger partial charge on any atom is -0.494 e. The average molecular weight is 745 g/mol. The Labute approximate surface area is 281 Å². The number of hydrogen-bond acceptors (Lipinski definition) is 8. The number of oxime groups is 1. The van der Waals surface area contributed by atoms with E-state index in [1.807, 2.05) is 0 Å². The minimum atomic E-state index is -6.38. The largest absolute Gasteiger partial charge is 0.494 e. The third kappa shape index (κ3) is 8.49. The van der Waals surface area contributed by atoms with Crippen LogP contribution in [0.3, 0.4) is 0 Å². The van der Waals surface area contributed by atoms with Crippen LogP contribution in [0.25, 0.3) is 0 Å². The summed E-state index contributed by atoms with van der Waals surface area (Å²) in [6.07, 6.45) is -9.28. The Hall–Kier alpha value is -3.54. The van der Waals surface area contributed by atoms with Gasteiger partial charge in [0, 0.05) is 11.1 Å². The van der Waals surface area contributed by atoms with Gasteiger partial charge in [-0.3, -0.25) is 4.28 Å². The second kappa shape index (κ2) is 14.2. The molecule has 276 valence electrons. The van der Waals surface area contributed by atoms with Crippen LogP contribution >= 0.6 is 0 Å². The van der Waals surface area contributed by atoms with E-state index < -0.39 is 69.8 Å². The molecule has 0 aliphatic heterocycles. The molecule has 0 spiro atoms. The maximum absolute atomic E-state index is 14.7. The monoisotopic (exact) mass is 744 g/mol. The number of alkyl halides is 9. The van der Waals surface area contributed by atoms with Crippen molar-refractivity contribution < 1.29 is 66.4 Å². The number of nitrogens with zero attached hydrogens (tertiary/aromatic N) is 2. The van der Waals surface area contributed by atoms with E-state index in [1.54, 1.807) is 6.92 Å². The number of rotatable bonds is 14. The number of halogens is 9. The van der Waals surface area contributed by atoms with E-state index in [4.69, 9.17) is 14.2 Å². The van der Waals surface area contributed by atoms with E-state index in [0.717, 1.165) is 43.5 Å². The summed E-state index contributed by atoms with van der Waals surface area (Å²) in [6, 6.07) is 7.95. The Kier molecular flexibility index (Phi) is 10.7. The van der Waals surface area contributed by atoms with Crippen molar-refractivity contribution in [3.05, 3.63) is 59.7 Å². The zero-order valence-electron chi connectivity index (χ0n) is 26.4. The summed E-state index contributed by atoms with van der Waals surface area (Å²) in [6.45, 7) is -0.233. The second-order valence-corrected chi connectivity index (χ2v) is 14.3. The van der Waals surface area contributed by atoms with Gasteiger partial charge in [-0.1, -0.05) is 5.16 Å². The summed E-state index contributed by atoms with van der Waals surface area (Å²) in [5, 5.41) is -2.90. The van der Waals surface area contributed by atoms with Crippen LogP contribution in [0.5, 0.6) is 11.5 Å². The van der Waals surface area contributed by atoms with E-state index in [1.165, 1.54) is 12.1 Å². The van der Waals surface area contributed by atoms with Gasteiger partial charge in [-0.15, -0.1) is 0 Å². The molecule has 0 N–H and O–H groups in total. The molecule has 0 radical (unpaired) electrons. The van der Waals surface area contributed by atoms with Gasteiger partial charge >= 0.3 is 27.7 Å². The molecule has 4 aliphatic carbocycles. The van der Waals surface area contributed by atoms with Crippen molar-refractivity contribution in [2.45, 2.75) is 74.8 Å². The van der Waals surface area contributed by atoms with Crippen molar-refractivity contribution in [2.75, 3.05) is 19.9 Å². The normalized spacial score (nSPS) is 25.0. The highest BCUT2D eigenvalue weighted by Crippen LogP contribution is 2.57. The second-order valence-electron chi connectivity index (χ2n) is 12.7. The lowest BCUT2D eigenvalue weighted by Gasteiger charge is -2.56. The minimum absolute atomic E-state index is 0.258. The molecule has 4 fully saturated rings. The molecule has 1 atom stereocenters. The molecular weight excluding hydrogens is 711 g/mol. The molecular formula is C32H33F9N2O6S. The quantitative estimate of drug-likeness (QED) is 0.111. The van der Waals surface area contributed by atoms with E-state index >= 15 is 0 Å². The maximum Gasteiger partial charge on any atom is 0.437 e. The van der Waals surface area contributed by atoms with Crippen molar-refractivity contribution in [1.29, 1.82) is 0 Å². The fourth-order valence-corrected chi connectivity index (χ4v) is 7.87. The smallest absolute Gasteiger partial charge is 0.437 e. The van der Waals surface area contributed by atoms with E-state index in [0.29, 0.717) is 61.5 Å². The first-order chi connectivity index (χ1) is 23.3. The van der Waals surface area contributed by atoms with E-state index in [2.05, 4.69) is 14.4 Å². The van der Waals surface area contributed by atoms with E-state index in [9.17, 15) is 47.9 Å². The molecule has 4 saturated carbocycles. The Morgan fingerprint density at radius 3 is 1.70 bits per heavy atom. The van der Waals surface area contributed by atoms with Crippen LogP contribution in [-0.2, 0) is 19.1 Å². The first kappa shape index (κ1) is 37.7. The summed E-state index contributed by atoms with van der Waals surface area (Å²) >= 11 is 0. The van der Waals surface area contributed by atoms with Gasteiger partial charge in [0.25, 0.3) is 0 Å². The zero-order chi connectivity index (χ0) is 36.5. The van der Waals surface area contributed by atoms with Gasteiger partial charge in [0.15, 0.2) is 12.4 Å². The first-order valence-corrected chi connectivity index (χ1v) is 17.0. The van der Waals surface area contributed by atoms with Crippen molar-refractivity contribution in [3.8, 4) is 11.5 Å². The van der Waals surface area contributed by atoms with Crippen molar-refractivity contribution in [1.82, 2.24) is 0 Å². The number of benzene rings is 2. The molecule has 0 amide bonds. The lowest BCUT2D eigenvalue weighted by Crippen LogP contribution is -2.53. The molecule has 4 bridgehead atoms. The SMILES string of the molecule is CCOc1ccc(C(=NCOc2ccc(/C(=N\OS(=O)(=O)C(F)(F)C(F)COC34CC5CC(CC(C5)C3)C4)C(F)(F)F)cc2)C(F)(F)F)cc1. The molecule has 0 heterocycles. The molecule has 0 aromatic heterocycles. The predicted octanol–water partition coefficient (Wildman–Crippen LogP) is 8.00. The lowest BCUT2D eigenvalue weighted by atomic mass is 9.54. The first-order valence-electron chi connectivity index (χ1n) is 15.6. The highest BCUT2D eigenvalue weighted by Gasteiger charge is 2.58. The van der Waals surface area contributed by atoms with Crippen LogP contribution in [0.4, 0.5) is 39.5 Å². The predicted molar refractivity (Wildman–Crippen MR) is 161 cm³/mol.